The molecule has 1 saturated carbocycles. The Morgan fingerprint density at radius 2 is 2.14 bits per heavy atom. The lowest BCUT2D eigenvalue weighted by Crippen LogP contribution is -2.26. The normalized spacial score (nSPS) is 28.9. The summed E-state index contributed by atoms with van der Waals surface area (Å²) in [6.45, 7) is 4.32. The molecule has 0 bridgehead atoms. The topological polar surface area (TPSA) is 38.9 Å². The molecule has 2 rings (SSSR count). The highest BCUT2D eigenvalue weighted by Crippen LogP contribution is 2.61. The largest absolute Gasteiger partial charge is 0.321 e. The minimum Gasteiger partial charge on any atom is -0.321 e. The van der Waals surface area contributed by atoms with Crippen molar-refractivity contribution in [3.63, 3.8) is 0 Å². The summed E-state index contributed by atoms with van der Waals surface area (Å²) in [6.07, 6.45) is 2.69. The minimum atomic E-state index is -0.252. The fourth-order valence-corrected chi connectivity index (χ4v) is 2.60. The van der Waals surface area contributed by atoms with E-state index in [1.165, 1.54) is 0 Å². The molecule has 0 spiro atoms. The van der Waals surface area contributed by atoms with Gasteiger partial charge >= 0.3 is 0 Å². The first-order valence-corrected chi connectivity index (χ1v) is 5.64. The van der Waals surface area contributed by atoms with Crippen molar-refractivity contribution >= 4 is 27.5 Å². The second-order valence-corrected chi connectivity index (χ2v) is 5.76. The van der Waals surface area contributed by atoms with Gasteiger partial charge in [0, 0.05) is 16.2 Å². The second-order valence-electron chi connectivity index (χ2n) is 4.52. The Morgan fingerprint density at radius 1 is 1.57 bits per heavy atom. The van der Waals surface area contributed by atoms with E-state index in [1.54, 1.807) is 6.20 Å². The van der Waals surface area contributed by atoms with Crippen LogP contribution in [0.5, 0.6) is 0 Å². The molecule has 1 aromatic rings. The lowest BCUT2D eigenvalue weighted by Gasteiger charge is -2.17. The molecule has 4 heteroatoms. The SMILES string of the molecule is CC1(C)CC1(N)c1cc(Cl)ncc1Br. The summed E-state index contributed by atoms with van der Waals surface area (Å²) in [6, 6.07) is 1.85. The van der Waals surface area contributed by atoms with E-state index >= 15 is 0 Å². The Kier molecular flexibility index (Phi) is 2.18. The van der Waals surface area contributed by atoms with Crippen molar-refractivity contribution in [3.8, 4) is 0 Å². The monoisotopic (exact) mass is 274 g/mol. The van der Waals surface area contributed by atoms with Crippen LogP contribution in [0.4, 0.5) is 0 Å². The highest BCUT2D eigenvalue weighted by Gasteiger charge is 2.60. The highest BCUT2D eigenvalue weighted by atomic mass is 79.9. The van der Waals surface area contributed by atoms with Crippen LogP contribution in [0.2, 0.25) is 5.15 Å². The van der Waals surface area contributed by atoms with E-state index in [0.717, 1.165) is 16.5 Å². The number of nitrogens with two attached hydrogens (primary N) is 1. The highest BCUT2D eigenvalue weighted by molar-refractivity contribution is 9.10. The fraction of sp³-hybridized carbons (Fsp3) is 0.500. The van der Waals surface area contributed by atoms with E-state index < -0.39 is 0 Å². The molecular weight excluding hydrogens is 263 g/mol. The second kappa shape index (κ2) is 2.94. The lowest BCUT2D eigenvalue weighted by atomic mass is 9.98. The van der Waals surface area contributed by atoms with Crippen molar-refractivity contribution < 1.29 is 0 Å². The standard InChI is InChI=1S/C10H12BrClN2/c1-9(2)5-10(9,13)6-3-8(12)14-4-7(6)11/h3-4H,5,13H2,1-2H3. The molecule has 1 atom stereocenters. The lowest BCUT2D eigenvalue weighted by molar-refractivity contribution is 0.508. The van der Waals surface area contributed by atoms with Crippen molar-refractivity contribution in [2.45, 2.75) is 25.8 Å². The molecular formula is C10H12BrClN2. The molecule has 14 heavy (non-hydrogen) atoms. The van der Waals surface area contributed by atoms with E-state index in [2.05, 4.69) is 34.8 Å². The molecule has 0 aliphatic heterocycles. The summed E-state index contributed by atoms with van der Waals surface area (Å²) < 4.78 is 0.940. The summed E-state index contributed by atoms with van der Waals surface area (Å²) in [5.74, 6) is 0. The van der Waals surface area contributed by atoms with Gasteiger partial charge in [0.1, 0.15) is 5.15 Å². The Hall–Kier alpha value is -0.120. The summed E-state index contributed by atoms with van der Waals surface area (Å²) in [4.78, 5) is 3.99. The molecule has 76 valence electrons. The summed E-state index contributed by atoms with van der Waals surface area (Å²) >= 11 is 9.31. The van der Waals surface area contributed by atoms with Gasteiger partial charge in [0.2, 0.25) is 0 Å². The molecule has 2 nitrogen and oxygen atoms in total. The maximum absolute atomic E-state index is 6.30. The minimum absolute atomic E-state index is 0.153. The maximum Gasteiger partial charge on any atom is 0.129 e. The third-order valence-corrected chi connectivity index (χ3v) is 3.94. The molecule has 2 N–H and O–H groups in total. The predicted octanol–water partition coefficient (Wildman–Crippen LogP) is 3.08. The first-order chi connectivity index (χ1) is 6.37. The Morgan fingerprint density at radius 3 is 2.64 bits per heavy atom. The van der Waals surface area contributed by atoms with Gasteiger partial charge in [-0.05, 0) is 39.4 Å². The van der Waals surface area contributed by atoms with Gasteiger partial charge in [-0.3, -0.25) is 0 Å². The fourth-order valence-electron chi connectivity index (χ4n) is 1.87. The third-order valence-electron chi connectivity index (χ3n) is 3.11. The van der Waals surface area contributed by atoms with Gasteiger partial charge in [0.05, 0.1) is 0 Å². The van der Waals surface area contributed by atoms with E-state index in [-0.39, 0.29) is 11.0 Å². The van der Waals surface area contributed by atoms with Crippen LogP contribution in [0.3, 0.4) is 0 Å². The number of nitrogens with zero attached hydrogens (tertiary/aromatic N) is 1. The van der Waals surface area contributed by atoms with Gasteiger partial charge in [0.25, 0.3) is 0 Å². The van der Waals surface area contributed by atoms with Gasteiger partial charge in [-0.15, -0.1) is 0 Å². The smallest absolute Gasteiger partial charge is 0.129 e. The number of rotatable bonds is 1. The molecule has 0 aromatic carbocycles. The van der Waals surface area contributed by atoms with Crippen molar-refractivity contribution in [1.29, 1.82) is 0 Å². The van der Waals surface area contributed by atoms with Crippen LogP contribution < -0.4 is 5.73 Å². The average Bonchev–Trinajstić information content (AvgIpc) is 2.58. The van der Waals surface area contributed by atoms with E-state index in [9.17, 15) is 0 Å². The molecule has 1 unspecified atom stereocenters. The van der Waals surface area contributed by atoms with Crippen LogP contribution in [0.1, 0.15) is 25.8 Å². The maximum atomic E-state index is 6.30. The Labute approximate surface area is 97.0 Å². The van der Waals surface area contributed by atoms with Crippen molar-refractivity contribution in [3.05, 3.63) is 27.5 Å². The zero-order valence-electron chi connectivity index (χ0n) is 8.14. The predicted molar refractivity (Wildman–Crippen MR) is 61.2 cm³/mol. The van der Waals surface area contributed by atoms with Crippen LogP contribution in [0.15, 0.2) is 16.7 Å². The quantitative estimate of drug-likeness (QED) is 0.800. The number of hydrogen-bond acceptors (Lipinski definition) is 2. The zero-order valence-corrected chi connectivity index (χ0v) is 10.5. The van der Waals surface area contributed by atoms with Gasteiger partial charge < -0.3 is 5.73 Å². The van der Waals surface area contributed by atoms with Crippen LogP contribution in [-0.2, 0) is 5.54 Å². The Balaban J connectivity index is 2.48. The third kappa shape index (κ3) is 1.38. The van der Waals surface area contributed by atoms with Crippen LogP contribution in [0.25, 0.3) is 0 Å². The Bertz CT molecular complexity index is 392. The molecule has 1 fully saturated rings. The molecule has 1 aromatic heterocycles. The molecule has 0 radical (unpaired) electrons. The summed E-state index contributed by atoms with van der Waals surface area (Å²) in [7, 11) is 0. The molecule has 1 aliphatic carbocycles. The first kappa shape index (κ1) is 10.4. The van der Waals surface area contributed by atoms with E-state index in [0.29, 0.717) is 5.15 Å². The average molecular weight is 276 g/mol. The first-order valence-electron chi connectivity index (χ1n) is 4.47. The van der Waals surface area contributed by atoms with Crippen LogP contribution >= 0.6 is 27.5 Å². The number of hydrogen-bond donors (Lipinski definition) is 1. The molecule has 1 heterocycles. The summed E-state index contributed by atoms with van der Waals surface area (Å²) in [5, 5.41) is 0.496. The number of aromatic nitrogens is 1. The van der Waals surface area contributed by atoms with E-state index in [1.807, 2.05) is 6.07 Å². The van der Waals surface area contributed by atoms with Crippen molar-refractivity contribution in [2.75, 3.05) is 0 Å². The number of pyridine rings is 1. The molecule has 1 aliphatic rings. The van der Waals surface area contributed by atoms with Crippen molar-refractivity contribution in [2.24, 2.45) is 11.1 Å². The van der Waals surface area contributed by atoms with Crippen LogP contribution in [-0.4, -0.2) is 4.98 Å². The van der Waals surface area contributed by atoms with Crippen LogP contribution in [0, 0.1) is 5.41 Å². The van der Waals surface area contributed by atoms with Crippen molar-refractivity contribution in [1.82, 2.24) is 4.98 Å². The summed E-state index contributed by atoms with van der Waals surface area (Å²) in [5.41, 5.74) is 7.26. The molecule has 0 amide bonds. The number of halogens is 2. The van der Waals surface area contributed by atoms with Gasteiger partial charge in [-0.1, -0.05) is 25.4 Å². The van der Waals surface area contributed by atoms with Gasteiger partial charge in [0.15, 0.2) is 0 Å². The van der Waals surface area contributed by atoms with E-state index in [4.69, 9.17) is 17.3 Å². The molecule has 0 saturated heterocycles. The zero-order chi connectivity index (χ0) is 10.6. The van der Waals surface area contributed by atoms with Gasteiger partial charge in [-0.2, -0.15) is 0 Å². The van der Waals surface area contributed by atoms with Gasteiger partial charge in [-0.25, -0.2) is 4.98 Å².